The maximum Gasteiger partial charge on any atom is 0.273 e. The average Bonchev–Trinajstić information content (AvgIpc) is 3.17. The highest BCUT2D eigenvalue weighted by atomic mass is 16.2. The van der Waals surface area contributed by atoms with Crippen molar-refractivity contribution in [1.82, 2.24) is 15.0 Å². The summed E-state index contributed by atoms with van der Waals surface area (Å²) in [6, 6.07) is 15.8. The van der Waals surface area contributed by atoms with Crippen LogP contribution in [0.4, 0.5) is 0 Å². The number of carbonyl (C=O) groups is 1. The molecule has 24 heavy (non-hydrogen) atoms. The quantitative estimate of drug-likeness (QED) is 0.441. The van der Waals surface area contributed by atoms with Crippen LogP contribution in [-0.4, -0.2) is 21.7 Å². The van der Waals surface area contributed by atoms with Crippen molar-refractivity contribution in [1.29, 1.82) is 0 Å². The number of aromatic nitrogens is 2. The number of amides is 1. The predicted octanol–water partition coefficient (Wildman–Crippen LogP) is 3.42. The third-order valence-electron chi connectivity index (χ3n) is 4.13. The van der Waals surface area contributed by atoms with E-state index >= 15 is 0 Å². The van der Waals surface area contributed by atoms with Gasteiger partial charge in [-0.05, 0) is 12.1 Å². The van der Waals surface area contributed by atoms with Gasteiger partial charge in [0.15, 0.2) is 0 Å². The molecule has 0 atom stereocenters. The third kappa shape index (κ3) is 2.36. The Bertz CT molecular complexity index is 1070. The summed E-state index contributed by atoms with van der Waals surface area (Å²) < 4.78 is 1.94. The summed E-state index contributed by atoms with van der Waals surface area (Å²) in [6.45, 7) is 0. The largest absolute Gasteiger partial charge is 0.361 e. The molecule has 0 aliphatic carbocycles. The fourth-order valence-electron chi connectivity index (χ4n) is 2.94. The predicted molar refractivity (Wildman–Crippen MR) is 96.3 cm³/mol. The van der Waals surface area contributed by atoms with Gasteiger partial charge in [0.1, 0.15) is 0 Å². The molecule has 118 valence electrons. The summed E-state index contributed by atoms with van der Waals surface area (Å²) in [4.78, 5) is 15.6. The number of hydrogen-bond acceptors (Lipinski definition) is 2. The minimum atomic E-state index is -0.220. The van der Waals surface area contributed by atoms with E-state index in [-0.39, 0.29) is 5.91 Å². The second-order valence-electron chi connectivity index (χ2n) is 5.66. The molecule has 2 aromatic carbocycles. The van der Waals surface area contributed by atoms with E-state index in [1.807, 2.05) is 72.5 Å². The number of aromatic amines is 1. The van der Waals surface area contributed by atoms with Crippen LogP contribution in [0.3, 0.4) is 0 Å². The number of H-pyrrole nitrogens is 1. The molecular weight excluding hydrogens is 300 g/mol. The maximum absolute atomic E-state index is 12.4. The van der Waals surface area contributed by atoms with E-state index in [1.165, 1.54) is 0 Å². The summed E-state index contributed by atoms with van der Waals surface area (Å²) >= 11 is 0. The highest BCUT2D eigenvalue weighted by molar-refractivity contribution is 6.07. The van der Waals surface area contributed by atoms with E-state index in [1.54, 1.807) is 6.21 Å². The van der Waals surface area contributed by atoms with Gasteiger partial charge < -0.3 is 9.55 Å². The Kier molecular flexibility index (Phi) is 3.39. The number of para-hydroxylation sites is 2. The number of carbonyl (C=O) groups excluding carboxylic acids is 1. The molecule has 0 saturated carbocycles. The molecule has 1 amide bonds. The van der Waals surface area contributed by atoms with Crippen LogP contribution in [0.1, 0.15) is 15.9 Å². The number of rotatable bonds is 3. The number of nitrogens with one attached hydrogen (secondary N) is 2. The zero-order valence-electron chi connectivity index (χ0n) is 13.2. The first-order valence-corrected chi connectivity index (χ1v) is 7.67. The molecule has 5 heteroatoms. The first-order chi connectivity index (χ1) is 11.7. The number of aryl methyl sites for hydroxylation is 1. The topological polar surface area (TPSA) is 62.2 Å². The van der Waals surface area contributed by atoms with Gasteiger partial charge in [-0.2, -0.15) is 5.10 Å². The van der Waals surface area contributed by atoms with Crippen molar-refractivity contribution in [3.05, 3.63) is 72.1 Å². The molecule has 2 heterocycles. The van der Waals surface area contributed by atoms with Crippen molar-refractivity contribution < 1.29 is 4.79 Å². The minimum absolute atomic E-state index is 0.220. The number of fused-ring (bicyclic) bond motifs is 2. The van der Waals surface area contributed by atoms with Crippen molar-refractivity contribution in [2.75, 3.05) is 0 Å². The molecule has 0 radical (unpaired) electrons. The van der Waals surface area contributed by atoms with Crippen molar-refractivity contribution in [2.45, 2.75) is 0 Å². The first kappa shape index (κ1) is 14.3. The molecule has 0 aliphatic heterocycles. The molecule has 5 nitrogen and oxygen atoms in total. The lowest BCUT2D eigenvalue weighted by Gasteiger charge is -1.97. The zero-order valence-corrected chi connectivity index (χ0v) is 13.2. The van der Waals surface area contributed by atoms with Gasteiger partial charge in [0.2, 0.25) is 0 Å². The Labute approximate surface area is 138 Å². The number of hydrogen-bond donors (Lipinski definition) is 2. The number of hydrazone groups is 1. The van der Waals surface area contributed by atoms with Gasteiger partial charge in [0, 0.05) is 46.8 Å². The highest BCUT2D eigenvalue weighted by Crippen LogP contribution is 2.20. The molecular formula is C19H16N4O. The Morgan fingerprint density at radius 2 is 1.88 bits per heavy atom. The van der Waals surface area contributed by atoms with Gasteiger partial charge in [-0.1, -0.05) is 36.4 Å². The van der Waals surface area contributed by atoms with Gasteiger partial charge in [-0.15, -0.1) is 0 Å². The highest BCUT2D eigenvalue weighted by Gasteiger charge is 2.12. The lowest BCUT2D eigenvalue weighted by atomic mass is 10.2. The van der Waals surface area contributed by atoms with E-state index < -0.39 is 0 Å². The van der Waals surface area contributed by atoms with Crippen LogP contribution < -0.4 is 5.43 Å². The van der Waals surface area contributed by atoms with Crippen molar-refractivity contribution in [2.24, 2.45) is 12.1 Å². The first-order valence-electron chi connectivity index (χ1n) is 7.67. The minimum Gasteiger partial charge on any atom is -0.361 e. The van der Waals surface area contributed by atoms with Crippen molar-refractivity contribution in [3.8, 4) is 0 Å². The maximum atomic E-state index is 12.4. The smallest absolute Gasteiger partial charge is 0.273 e. The molecule has 2 N–H and O–H groups in total. The SMILES string of the molecule is Cn1cc(C(=O)N/N=C\c2c[nH]c3ccccc23)c2ccccc21. The van der Waals surface area contributed by atoms with Crippen LogP contribution in [0.15, 0.2) is 66.0 Å². The summed E-state index contributed by atoms with van der Waals surface area (Å²) in [7, 11) is 1.92. The fourth-order valence-corrected chi connectivity index (χ4v) is 2.94. The normalized spacial score (nSPS) is 11.5. The van der Waals surface area contributed by atoms with Gasteiger partial charge in [0.25, 0.3) is 5.91 Å². The Hall–Kier alpha value is -3.34. The fraction of sp³-hybridized carbons (Fsp3) is 0.0526. The summed E-state index contributed by atoms with van der Waals surface area (Å²) in [5.74, 6) is -0.220. The van der Waals surface area contributed by atoms with Crippen LogP contribution in [-0.2, 0) is 7.05 Å². The lowest BCUT2D eigenvalue weighted by molar-refractivity contribution is 0.0956. The molecule has 0 aliphatic rings. The van der Waals surface area contributed by atoms with Crippen LogP contribution in [0, 0.1) is 0 Å². The molecule has 4 aromatic rings. The summed E-state index contributed by atoms with van der Waals surface area (Å²) in [6.07, 6.45) is 5.35. The standard InChI is InChI=1S/C19H16N4O/c1-23-12-16(15-7-3-5-9-18(15)23)19(24)22-21-11-13-10-20-17-8-4-2-6-14(13)17/h2-12,20H,1H3,(H,22,24)/b21-11-. The van der Waals surface area contributed by atoms with E-state index in [9.17, 15) is 4.79 Å². The summed E-state index contributed by atoms with van der Waals surface area (Å²) in [5, 5.41) is 6.09. The van der Waals surface area contributed by atoms with E-state index in [4.69, 9.17) is 0 Å². The Morgan fingerprint density at radius 3 is 2.75 bits per heavy atom. The van der Waals surface area contributed by atoms with Crippen LogP contribution in [0.25, 0.3) is 21.8 Å². The molecule has 0 bridgehead atoms. The monoisotopic (exact) mass is 316 g/mol. The van der Waals surface area contributed by atoms with Gasteiger partial charge in [-0.3, -0.25) is 4.79 Å². The summed E-state index contributed by atoms with van der Waals surface area (Å²) in [5.41, 5.74) is 6.22. The van der Waals surface area contributed by atoms with Gasteiger partial charge in [-0.25, -0.2) is 5.43 Å². The van der Waals surface area contributed by atoms with E-state index in [0.29, 0.717) is 5.56 Å². The molecule has 0 unspecified atom stereocenters. The molecule has 2 aromatic heterocycles. The van der Waals surface area contributed by atoms with E-state index in [2.05, 4.69) is 15.5 Å². The Balaban J connectivity index is 1.58. The van der Waals surface area contributed by atoms with E-state index in [0.717, 1.165) is 27.4 Å². The van der Waals surface area contributed by atoms with Crippen LogP contribution in [0.5, 0.6) is 0 Å². The van der Waals surface area contributed by atoms with Gasteiger partial charge >= 0.3 is 0 Å². The molecule has 0 fully saturated rings. The van der Waals surface area contributed by atoms with Gasteiger partial charge in [0.05, 0.1) is 11.8 Å². The second kappa shape index (κ2) is 5.70. The van der Waals surface area contributed by atoms with Crippen molar-refractivity contribution in [3.63, 3.8) is 0 Å². The van der Waals surface area contributed by atoms with Crippen LogP contribution >= 0.6 is 0 Å². The second-order valence-corrected chi connectivity index (χ2v) is 5.66. The molecule has 0 spiro atoms. The Morgan fingerprint density at radius 1 is 1.12 bits per heavy atom. The number of nitrogens with zero attached hydrogens (tertiary/aromatic N) is 2. The van der Waals surface area contributed by atoms with Crippen LogP contribution in [0.2, 0.25) is 0 Å². The van der Waals surface area contributed by atoms with Crippen molar-refractivity contribution >= 4 is 33.9 Å². The molecule has 0 saturated heterocycles. The third-order valence-corrected chi connectivity index (χ3v) is 4.13. The zero-order chi connectivity index (χ0) is 16.5. The number of benzene rings is 2. The molecule has 4 rings (SSSR count). The average molecular weight is 316 g/mol. The lowest BCUT2D eigenvalue weighted by Crippen LogP contribution is -2.17.